The quantitative estimate of drug-likeness (QED) is 0.798. The van der Waals surface area contributed by atoms with Crippen LogP contribution in [0.15, 0.2) is 24.3 Å². The smallest absolute Gasteiger partial charge is 0.118 e. The number of hydrogen-bond donors (Lipinski definition) is 1. The van der Waals surface area contributed by atoms with Crippen LogP contribution in [0.2, 0.25) is 0 Å². The maximum Gasteiger partial charge on any atom is 0.118 e. The molecule has 0 saturated heterocycles. The van der Waals surface area contributed by atoms with Crippen molar-refractivity contribution in [3.8, 4) is 11.8 Å². The molecule has 0 heterocycles. The van der Waals surface area contributed by atoms with E-state index in [0.717, 1.165) is 24.3 Å². The monoisotopic (exact) mass is 204 g/mol. The Morgan fingerprint density at radius 3 is 2.53 bits per heavy atom. The Balaban J connectivity index is 2.48. The number of nitrogens with one attached hydrogen (secondary N) is 1. The van der Waals surface area contributed by atoms with E-state index in [-0.39, 0.29) is 6.04 Å². The molecule has 1 rings (SSSR count). The highest BCUT2D eigenvalue weighted by Gasteiger charge is 2.02. The minimum absolute atomic E-state index is 0.0629. The van der Waals surface area contributed by atoms with Crippen LogP contribution in [-0.2, 0) is 6.54 Å². The van der Waals surface area contributed by atoms with Gasteiger partial charge < -0.3 is 4.74 Å². The topological polar surface area (TPSA) is 45.0 Å². The molecular formula is C12H16N2O. The fraction of sp³-hybridized carbons (Fsp3) is 0.417. The van der Waals surface area contributed by atoms with Crippen LogP contribution in [0.5, 0.6) is 5.75 Å². The summed E-state index contributed by atoms with van der Waals surface area (Å²) in [4.78, 5) is 0. The highest BCUT2D eigenvalue weighted by Crippen LogP contribution is 2.11. The maximum absolute atomic E-state index is 8.75. The third kappa shape index (κ3) is 3.61. The highest BCUT2D eigenvalue weighted by atomic mass is 16.5. The van der Waals surface area contributed by atoms with Gasteiger partial charge in [-0.1, -0.05) is 19.1 Å². The molecule has 0 spiro atoms. The number of methoxy groups -OCH3 is 1. The number of rotatable bonds is 5. The van der Waals surface area contributed by atoms with Gasteiger partial charge in [0.25, 0.3) is 0 Å². The SMILES string of the molecule is CCC(C#N)NCc1ccc(OC)cc1. The van der Waals surface area contributed by atoms with Gasteiger partial charge in [0, 0.05) is 6.54 Å². The zero-order chi connectivity index (χ0) is 11.1. The van der Waals surface area contributed by atoms with Crippen LogP contribution >= 0.6 is 0 Å². The Morgan fingerprint density at radius 2 is 2.07 bits per heavy atom. The molecule has 3 nitrogen and oxygen atoms in total. The summed E-state index contributed by atoms with van der Waals surface area (Å²) in [6, 6.07) is 9.98. The minimum Gasteiger partial charge on any atom is -0.497 e. The Bertz CT molecular complexity index is 326. The number of nitriles is 1. The van der Waals surface area contributed by atoms with Crippen molar-refractivity contribution in [2.45, 2.75) is 25.9 Å². The fourth-order valence-electron chi connectivity index (χ4n) is 1.27. The molecule has 1 atom stereocenters. The first-order valence-corrected chi connectivity index (χ1v) is 5.06. The van der Waals surface area contributed by atoms with Gasteiger partial charge in [0.2, 0.25) is 0 Å². The van der Waals surface area contributed by atoms with Crippen LogP contribution < -0.4 is 10.1 Å². The van der Waals surface area contributed by atoms with Gasteiger partial charge in [0.1, 0.15) is 5.75 Å². The summed E-state index contributed by atoms with van der Waals surface area (Å²) in [5, 5.41) is 11.9. The van der Waals surface area contributed by atoms with Crippen molar-refractivity contribution in [3.63, 3.8) is 0 Å². The first-order chi connectivity index (χ1) is 7.30. The molecule has 0 aliphatic carbocycles. The van der Waals surface area contributed by atoms with E-state index in [2.05, 4.69) is 11.4 Å². The van der Waals surface area contributed by atoms with Gasteiger partial charge in [-0.3, -0.25) is 5.32 Å². The summed E-state index contributed by atoms with van der Waals surface area (Å²) in [6.07, 6.45) is 0.826. The summed E-state index contributed by atoms with van der Waals surface area (Å²) in [5.41, 5.74) is 1.16. The molecule has 0 aliphatic heterocycles. The van der Waals surface area contributed by atoms with Crippen LogP contribution in [0.1, 0.15) is 18.9 Å². The number of hydrogen-bond acceptors (Lipinski definition) is 3. The second-order valence-corrected chi connectivity index (χ2v) is 3.32. The van der Waals surface area contributed by atoms with Gasteiger partial charge in [0.05, 0.1) is 19.2 Å². The molecule has 3 heteroatoms. The summed E-state index contributed by atoms with van der Waals surface area (Å²) < 4.78 is 5.06. The molecule has 0 fully saturated rings. The molecule has 0 amide bonds. The molecule has 1 unspecified atom stereocenters. The van der Waals surface area contributed by atoms with Crippen LogP contribution in [-0.4, -0.2) is 13.2 Å². The van der Waals surface area contributed by atoms with Crippen LogP contribution in [0.25, 0.3) is 0 Å². The third-order valence-electron chi connectivity index (χ3n) is 2.28. The van der Waals surface area contributed by atoms with Crippen molar-refractivity contribution >= 4 is 0 Å². The zero-order valence-corrected chi connectivity index (χ0v) is 9.16. The molecular weight excluding hydrogens is 188 g/mol. The predicted octanol–water partition coefficient (Wildman–Crippen LogP) is 2.09. The molecule has 0 aliphatic rings. The number of ether oxygens (including phenoxy) is 1. The van der Waals surface area contributed by atoms with Crippen molar-refractivity contribution in [2.24, 2.45) is 0 Å². The van der Waals surface area contributed by atoms with Crippen molar-refractivity contribution in [3.05, 3.63) is 29.8 Å². The van der Waals surface area contributed by atoms with Crippen LogP contribution in [0.3, 0.4) is 0 Å². The van der Waals surface area contributed by atoms with Crippen molar-refractivity contribution < 1.29 is 4.74 Å². The van der Waals surface area contributed by atoms with Crippen molar-refractivity contribution in [2.75, 3.05) is 7.11 Å². The first-order valence-electron chi connectivity index (χ1n) is 5.06. The lowest BCUT2D eigenvalue weighted by atomic mass is 10.2. The second kappa shape index (κ2) is 6.05. The zero-order valence-electron chi connectivity index (χ0n) is 9.16. The van der Waals surface area contributed by atoms with Crippen LogP contribution in [0.4, 0.5) is 0 Å². The van der Waals surface area contributed by atoms with Crippen molar-refractivity contribution in [1.29, 1.82) is 5.26 Å². The number of nitrogens with zero attached hydrogens (tertiary/aromatic N) is 1. The lowest BCUT2D eigenvalue weighted by Gasteiger charge is -2.09. The highest BCUT2D eigenvalue weighted by molar-refractivity contribution is 5.27. The molecule has 1 aromatic rings. The second-order valence-electron chi connectivity index (χ2n) is 3.32. The Hall–Kier alpha value is -1.53. The van der Waals surface area contributed by atoms with Gasteiger partial charge in [-0.2, -0.15) is 5.26 Å². The lowest BCUT2D eigenvalue weighted by Crippen LogP contribution is -2.25. The van der Waals surface area contributed by atoms with E-state index < -0.39 is 0 Å². The molecule has 1 aromatic carbocycles. The van der Waals surface area contributed by atoms with E-state index >= 15 is 0 Å². The molecule has 1 N–H and O–H groups in total. The molecule has 0 aromatic heterocycles. The molecule has 15 heavy (non-hydrogen) atoms. The summed E-state index contributed by atoms with van der Waals surface area (Å²) >= 11 is 0. The first kappa shape index (κ1) is 11.5. The normalized spacial score (nSPS) is 11.8. The van der Waals surface area contributed by atoms with E-state index in [1.807, 2.05) is 31.2 Å². The summed E-state index contributed by atoms with van der Waals surface area (Å²) in [5.74, 6) is 0.853. The Labute approximate surface area is 90.7 Å². The molecule has 0 bridgehead atoms. The molecule has 0 saturated carbocycles. The Morgan fingerprint density at radius 1 is 1.40 bits per heavy atom. The van der Waals surface area contributed by atoms with Gasteiger partial charge in [-0.05, 0) is 24.1 Å². The third-order valence-corrected chi connectivity index (χ3v) is 2.28. The lowest BCUT2D eigenvalue weighted by molar-refractivity contribution is 0.414. The Kier molecular flexibility index (Phi) is 4.65. The van der Waals surface area contributed by atoms with Gasteiger partial charge in [-0.25, -0.2) is 0 Å². The van der Waals surface area contributed by atoms with E-state index in [0.29, 0.717) is 0 Å². The average Bonchev–Trinajstić information content (AvgIpc) is 2.31. The van der Waals surface area contributed by atoms with E-state index in [9.17, 15) is 0 Å². The van der Waals surface area contributed by atoms with E-state index in [4.69, 9.17) is 10.00 Å². The van der Waals surface area contributed by atoms with Gasteiger partial charge in [0.15, 0.2) is 0 Å². The van der Waals surface area contributed by atoms with Gasteiger partial charge >= 0.3 is 0 Å². The predicted molar refractivity (Wildman–Crippen MR) is 59.5 cm³/mol. The average molecular weight is 204 g/mol. The summed E-state index contributed by atoms with van der Waals surface area (Å²) in [7, 11) is 1.65. The van der Waals surface area contributed by atoms with Crippen LogP contribution in [0, 0.1) is 11.3 Å². The maximum atomic E-state index is 8.75. The van der Waals surface area contributed by atoms with E-state index in [1.54, 1.807) is 7.11 Å². The van der Waals surface area contributed by atoms with Gasteiger partial charge in [-0.15, -0.1) is 0 Å². The molecule has 0 radical (unpaired) electrons. The largest absolute Gasteiger partial charge is 0.497 e. The van der Waals surface area contributed by atoms with E-state index in [1.165, 1.54) is 0 Å². The van der Waals surface area contributed by atoms with Crippen molar-refractivity contribution in [1.82, 2.24) is 5.32 Å². The fourth-order valence-corrected chi connectivity index (χ4v) is 1.27. The summed E-state index contributed by atoms with van der Waals surface area (Å²) in [6.45, 7) is 2.71. The molecule has 80 valence electrons. The standard InChI is InChI=1S/C12H16N2O/c1-3-11(8-13)14-9-10-4-6-12(15-2)7-5-10/h4-7,11,14H,3,9H2,1-2H3. The number of benzene rings is 1. The minimum atomic E-state index is -0.0629.